The van der Waals surface area contributed by atoms with Crippen LogP contribution < -0.4 is 5.73 Å². The number of carbonyl (C=O) groups is 1. The molecule has 9 heteroatoms. The summed E-state index contributed by atoms with van der Waals surface area (Å²) in [6.07, 6.45) is -3.20. The smallest absolute Gasteiger partial charge is 0.284 e. The van der Waals surface area contributed by atoms with Crippen molar-refractivity contribution in [3.8, 4) is 0 Å². The van der Waals surface area contributed by atoms with Crippen LogP contribution in [0.4, 0.5) is 0 Å². The minimum atomic E-state index is -1.30. The van der Waals surface area contributed by atoms with Crippen LogP contribution in [0.3, 0.4) is 0 Å². The molecule has 0 radical (unpaired) electrons. The van der Waals surface area contributed by atoms with E-state index in [1.165, 1.54) is 10.8 Å². The molecule has 0 aliphatic carbocycles. The van der Waals surface area contributed by atoms with E-state index in [-0.39, 0.29) is 5.82 Å². The highest BCUT2D eigenvalue weighted by Crippen LogP contribution is 2.32. The summed E-state index contributed by atoms with van der Waals surface area (Å²) in [7, 11) is 0. The predicted octanol–water partition coefficient (Wildman–Crippen LogP) is -1.64. The third-order valence-electron chi connectivity index (χ3n) is 2.74. The minimum Gasteiger partial charge on any atom is -0.394 e. The number of halogens is 1. The second-order valence-electron chi connectivity index (χ2n) is 3.87. The first kappa shape index (κ1) is 13.4. The molecule has 0 spiro atoms. The van der Waals surface area contributed by atoms with Crippen LogP contribution >= 0.6 is 15.9 Å². The van der Waals surface area contributed by atoms with Crippen LogP contribution in [-0.4, -0.2) is 55.7 Å². The lowest BCUT2D eigenvalue weighted by Crippen LogP contribution is -2.34. The highest BCUT2D eigenvalue weighted by atomic mass is 79.9. The third-order valence-corrected chi connectivity index (χ3v) is 3.33. The standard InChI is InChI=1S/C9H12BrN3O5/c10-4-1-12-8(7(11)17)13(4)9-6(16)5(15)3(2-14)18-9/h1,3,5-6,9,14-16H,2H2,(H2,11,17)/t3-,5-,6-,9-/m1/s1. The Morgan fingerprint density at radius 2 is 2.22 bits per heavy atom. The van der Waals surface area contributed by atoms with Gasteiger partial charge in [0.05, 0.1) is 12.8 Å². The van der Waals surface area contributed by atoms with Gasteiger partial charge in [-0.25, -0.2) is 4.98 Å². The number of rotatable bonds is 3. The lowest BCUT2D eigenvalue weighted by Gasteiger charge is -2.18. The fraction of sp³-hybridized carbons (Fsp3) is 0.556. The van der Waals surface area contributed by atoms with Crippen molar-refractivity contribution in [1.82, 2.24) is 9.55 Å². The Morgan fingerprint density at radius 1 is 1.56 bits per heavy atom. The first-order valence-corrected chi connectivity index (χ1v) is 5.91. The zero-order valence-electron chi connectivity index (χ0n) is 9.10. The highest BCUT2D eigenvalue weighted by Gasteiger charge is 2.44. The van der Waals surface area contributed by atoms with E-state index < -0.39 is 37.1 Å². The summed E-state index contributed by atoms with van der Waals surface area (Å²) in [5.41, 5.74) is 5.15. The van der Waals surface area contributed by atoms with Crippen molar-refractivity contribution in [3.63, 3.8) is 0 Å². The number of aliphatic hydroxyl groups excluding tert-OH is 3. The summed E-state index contributed by atoms with van der Waals surface area (Å²) in [4.78, 5) is 15.0. The topological polar surface area (TPSA) is 131 Å². The van der Waals surface area contributed by atoms with E-state index >= 15 is 0 Å². The quantitative estimate of drug-likeness (QED) is 0.528. The largest absolute Gasteiger partial charge is 0.394 e. The molecule has 2 heterocycles. The van der Waals surface area contributed by atoms with Crippen molar-refractivity contribution in [2.75, 3.05) is 6.61 Å². The second-order valence-corrected chi connectivity index (χ2v) is 4.68. The maximum atomic E-state index is 11.2. The number of hydrogen-bond donors (Lipinski definition) is 4. The number of hydrogen-bond acceptors (Lipinski definition) is 6. The van der Waals surface area contributed by atoms with E-state index in [1.807, 2.05) is 0 Å². The molecule has 1 fully saturated rings. The molecule has 0 bridgehead atoms. The number of aliphatic hydroxyl groups is 3. The van der Waals surface area contributed by atoms with E-state index in [4.69, 9.17) is 15.6 Å². The first-order valence-electron chi connectivity index (χ1n) is 5.12. The zero-order valence-corrected chi connectivity index (χ0v) is 10.7. The molecular formula is C9H12BrN3O5. The maximum Gasteiger partial charge on any atom is 0.284 e. The van der Waals surface area contributed by atoms with Gasteiger partial charge in [-0.05, 0) is 15.9 Å². The number of aromatic nitrogens is 2. The van der Waals surface area contributed by atoms with Crippen LogP contribution in [0.25, 0.3) is 0 Å². The molecule has 2 rings (SSSR count). The predicted molar refractivity (Wildman–Crippen MR) is 61.5 cm³/mol. The molecule has 18 heavy (non-hydrogen) atoms. The van der Waals surface area contributed by atoms with Gasteiger partial charge in [0, 0.05) is 0 Å². The monoisotopic (exact) mass is 321 g/mol. The molecule has 1 aromatic rings. The van der Waals surface area contributed by atoms with Crippen molar-refractivity contribution in [2.24, 2.45) is 5.73 Å². The summed E-state index contributed by atoms with van der Waals surface area (Å²) in [5, 5.41) is 28.5. The van der Waals surface area contributed by atoms with E-state index in [1.54, 1.807) is 0 Å². The fourth-order valence-electron chi connectivity index (χ4n) is 1.86. The van der Waals surface area contributed by atoms with Crippen LogP contribution in [0, 0.1) is 0 Å². The Hall–Kier alpha value is -1.00. The molecule has 0 saturated carbocycles. The Kier molecular flexibility index (Phi) is 3.69. The van der Waals surface area contributed by atoms with Crippen LogP contribution in [0.5, 0.6) is 0 Å². The average molecular weight is 322 g/mol. The van der Waals surface area contributed by atoms with Crippen LogP contribution in [0.15, 0.2) is 10.8 Å². The minimum absolute atomic E-state index is 0.114. The molecule has 8 nitrogen and oxygen atoms in total. The zero-order chi connectivity index (χ0) is 13.4. The summed E-state index contributed by atoms with van der Waals surface area (Å²) >= 11 is 3.14. The van der Waals surface area contributed by atoms with Gasteiger partial charge in [-0.3, -0.25) is 9.36 Å². The van der Waals surface area contributed by atoms with E-state index in [0.717, 1.165) is 0 Å². The van der Waals surface area contributed by atoms with Crippen LogP contribution in [-0.2, 0) is 4.74 Å². The summed E-state index contributed by atoms with van der Waals surface area (Å²) in [5.74, 6) is -0.907. The van der Waals surface area contributed by atoms with Gasteiger partial charge in [-0.15, -0.1) is 0 Å². The lowest BCUT2D eigenvalue weighted by atomic mass is 10.1. The van der Waals surface area contributed by atoms with Crippen molar-refractivity contribution < 1.29 is 24.9 Å². The molecule has 1 aliphatic rings. The molecule has 1 aromatic heterocycles. The highest BCUT2D eigenvalue weighted by molar-refractivity contribution is 9.10. The number of imidazole rings is 1. The molecule has 100 valence electrons. The SMILES string of the molecule is NC(=O)c1ncc(Br)n1[C@@H]1O[C@H](CO)[C@@H](O)[C@H]1O. The molecular weight excluding hydrogens is 310 g/mol. The average Bonchev–Trinajstić information content (AvgIpc) is 2.82. The summed E-state index contributed by atoms with van der Waals surface area (Å²) in [6.45, 7) is -0.451. The number of primary amides is 1. The Bertz CT molecular complexity index is 465. The van der Waals surface area contributed by atoms with Gasteiger partial charge in [0.2, 0.25) is 5.82 Å². The molecule has 5 N–H and O–H groups in total. The Labute approximate surface area is 110 Å². The van der Waals surface area contributed by atoms with Gasteiger partial charge in [-0.2, -0.15) is 0 Å². The van der Waals surface area contributed by atoms with Gasteiger partial charge in [0.25, 0.3) is 5.91 Å². The van der Waals surface area contributed by atoms with E-state index in [9.17, 15) is 15.0 Å². The Morgan fingerprint density at radius 3 is 2.72 bits per heavy atom. The Balaban J connectivity index is 2.38. The van der Waals surface area contributed by atoms with Crippen molar-refractivity contribution in [1.29, 1.82) is 0 Å². The molecule has 1 amide bonds. The lowest BCUT2D eigenvalue weighted by molar-refractivity contribution is -0.0544. The number of nitrogens with zero attached hydrogens (tertiary/aromatic N) is 2. The van der Waals surface area contributed by atoms with Gasteiger partial charge in [-0.1, -0.05) is 0 Å². The summed E-state index contributed by atoms with van der Waals surface area (Å²) < 4.78 is 6.88. The van der Waals surface area contributed by atoms with Gasteiger partial charge < -0.3 is 25.8 Å². The number of nitrogens with two attached hydrogens (primary N) is 1. The molecule has 1 aliphatic heterocycles. The number of amides is 1. The molecule has 4 atom stereocenters. The van der Waals surface area contributed by atoms with Crippen molar-refractivity contribution >= 4 is 21.8 Å². The normalized spacial score (nSPS) is 31.8. The van der Waals surface area contributed by atoms with Gasteiger partial charge in [0.15, 0.2) is 6.23 Å². The number of carbonyl (C=O) groups excluding carboxylic acids is 1. The van der Waals surface area contributed by atoms with Gasteiger partial charge in [0.1, 0.15) is 22.9 Å². The fourth-order valence-corrected chi connectivity index (χ4v) is 2.33. The molecule has 0 aromatic carbocycles. The van der Waals surface area contributed by atoms with Crippen LogP contribution in [0.1, 0.15) is 16.8 Å². The van der Waals surface area contributed by atoms with E-state index in [0.29, 0.717) is 4.60 Å². The van der Waals surface area contributed by atoms with Crippen LogP contribution in [0.2, 0.25) is 0 Å². The van der Waals surface area contributed by atoms with E-state index in [2.05, 4.69) is 20.9 Å². The second kappa shape index (κ2) is 4.94. The molecule has 0 unspecified atom stereocenters. The maximum absolute atomic E-state index is 11.2. The number of ether oxygens (including phenoxy) is 1. The molecule has 1 saturated heterocycles. The first-order chi connectivity index (χ1) is 8.47. The summed E-state index contributed by atoms with van der Waals surface area (Å²) in [6, 6.07) is 0. The third kappa shape index (κ3) is 2.04. The van der Waals surface area contributed by atoms with Crippen molar-refractivity contribution in [3.05, 3.63) is 16.6 Å². The van der Waals surface area contributed by atoms with Gasteiger partial charge >= 0.3 is 0 Å². The van der Waals surface area contributed by atoms with Crippen molar-refractivity contribution in [2.45, 2.75) is 24.5 Å².